The molecule has 28 heavy (non-hydrogen) atoms. The van der Waals surface area contributed by atoms with E-state index in [4.69, 9.17) is 0 Å². The van der Waals surface area contributed by atoms with Gasteiger partial charge in [-0.25, -0.2) is 4.68 Å². The van der Waals surface area contributed by atoms with Crippen LogP contribution in [0.3, 0.4) is 0 Å². The Morgan fingerprint density at radius 1 is 1.00 bits per heavy atom. The largest absolute Gasteiger partial charge is 0.337 e. The summed E-state index contributed by atoms with van der Waals surface area (Å²) in [7, 11) is 0. The van der Waals surface area contributed by atoms with Gasteiger partial charge in [0.25, 0.3) is 5.91 Å². The first-order chi connectivity index (χ1) is 13.7. The predicted molar refractivity (Wildman–Crippen MR) is 111 cm³/mol. The lowest BCUT2D eigenvalue weighted by molar-refractivity contribution is 0.0761. The first-order valence-corrected chi connectivity index (χ1v) is 9.86. The summed E-state index contributed by atoms with van der Waals surface area (Å²) in [5.74, 6) is 0.141. The highest BCUT2D eigenvalue weighted by Gasteiger charge is 2.20. The molecule has 5 heteroatoms. The monoisotopic (exact) mass is 374 g/mol. The summed E-state index contributed by atoms with van der Waals surface area (Å²) < 4.78 is 1.92. The van der Waals surface area contributed by atoms with Crippen molar-refractivity contribution in [1.82, 2.24) is 19.6 Å². The maximum atomic E-state index is 12.8. The summed E-state index contributed by atoms with van der Waals surface area (Å²) in [5.41, 5.74) is 4.18. The van der Waals surface area contributed by atoms with Gasteiger partial charge in [0.15, 0.2) is 0 Å². The van der Waals surface area contributed by atoms with Crippen molar-refractivity contribution in [3.8, 4) is 5.69 Å². The van der Waals surface area contributed by atoms with Crippen molar-refractivity contribution in [2.45, 2.75) is 19.9 Å². The minimum absolute atomic E-state index is 0.141. The SMILES string of the molecule is Cc1cccc(C(=O)N2CCCN(Cc3cnn(-c4ccccc4)c3)CC2)c1. The zero-order chi connectivity index (χ0) is 19.3. The number of benzene rings is 2. The van der Waals surface area contributed by atoms with E-state index in [9.17, 15) is 4.79 Å². The third kappa shape index (κ3) is 4.31. The minimum Gasteiger partial charge on any atom is -0.337 e. The lowest BCUT2D eigenvalue weighted by atomic mass is 10.1. The molecule has 4 rings (SSSR count). The number of aromatic nitrogens is 2. The summed E-state index contributed by atoms with van der Waals surface area (Å²) in [4.78, 5) is 17.2. The van der Waals surface area contributed by atoms with Crippen LogP contribution in [0.2, 0.25) is 0 Å². The first kappa shape index (κ1) is 18.4. The van der Waals surface area contributed by atoms with Gasteiger partial charge in [0.2, 0.25) is 0 Å². The van der Waals surface area contributed by atoms with E-state index < -0.39 is 0 Å². The highest BCUT2D eigenvalue weighted by atomic mass is 16.2. The fourth-order valence-electron chi connectivity index (χ4n) is 3.71. The van der Waals surface area contributed by atoms with Crippen LogP contribution in [0.1, 0.15) is 27.9 Å². The Morgan fingerprint density at radius 2 is 1.86 bits per heavy atom. The van der Waals surface area contributed by atoms with Crippen molar-refractivity contribution in [2.75, 3.05) is 26.2 Å². The average Bonchev–Trinajstić information content (AvgIpc) is 3.06. The Morgan fingerprint density at radius 3 is 2.68 bits per heavy atom. The van der Waals surface area contributed by atoms with Gasteiger partial charge in [-0.05, 0) is 37.6 Å². The highest BCUT2D eigenvalue weighted by Crippen LogP contribution is 2.14. The fourth-order valence-corrected chi connectivity index (χ4v) is 3.71. The van der Waals surface area contributed by atoms with Crippen molar-refractivity contribution in [3.63, 3.8) is 0 Å². The standard InChI is InChI=1S/C23H26N4O/c1-19-7-5-8-21(15-19)23(28)26-12-6-11-25(13-14-26)17-20-16-24-27(18-20)22-9-3-2-4-10-22/h2-5,7-10,15-16,18H,6,11-14,17H2,1H3. The zero-order valence-corrected chi connectivity index (χ0v) is 16.3. The van der Waals surface area contributed by atoms with Gasteiger partial charge in [-0.15, -0.1) is 0 Å². The number of para-hydroxylation sites is 1. The van der Waals surface area contributed by atoms with Gasteiger partial charge in [-0.3, -0.25) is 9.69 Å². The Bertz CT molecular complexity index is 935. The molecular formula is C23H26N4O. The Kier molecular flexibility index (Phi) is 5.53. The van der Waals surface area contributed by atoms with Crippen LogP contribution < -0.4 is 0 Å². The van der Waals surface area contributed by atoms with Gasteiger partial charge in [0, 0.05) is 50.0 Å². The number of aryl methyl sites for hydroxylation is 1. The van der Waals surface area contributed by atoms with Crippen molar-refractivity contribution >= 4 is 5.91 Å². The maximum Gasteiger partial charge on any atom is 0.253 e. The zero-order valence-electron chi connectivity index (χ0n) is 16.3. The van der Waals surface area contributed by atoms with Crippen LogP contribution in [0.5, 0.6) is 0 Å². The van der Waals surface area contributed by atoms with Gasteiger partial charge < -0.3 is 4.90 Å². The molecule has 0 saturated carbocycles. The van der Waals surface area contributed by atoms with Gasteiger partial charge in [-0.1, -0.05) is 35.9 Å². The number of amides is 1. The normalized spacial score (nSPS) is 15.4. The second kappa shape index (κ2) is 8.40. The van der Waals surface area contributed by atoms with Crippen molar-refractivity contribution in [1.29, 1.82) is 0 Å². The Hall–Kier alpha value is -2.92. The molecule has 1 aliphatic rings. The molecule has 0 aliphatic carbocycles. The molecule has 0 atom stereocenters. The van der Waals surface area contributed by atoms with E-state index in [0.29, 0.717) is 0 Å². The third-order valence-electron chi connectivity index (χ3n) is 5.20. The number of nitrogens with zero attached hydrogens (tertiary/aromatic N) is 4. The molecule has 3 aromatic rings. The number of carbonyl (C=O) groups excluding carboxylic acids is 1. The van der Waals surface area contributed by atoms with Crippen molar-refractivity contribution < 1.29 is 4.79 Å². The maximum absolute atomic E-state index is 12.8. The van der Waals surface area contributed by atoms with E-state index in [2.05, 4.69) is 28.3 Å². The summed E-state index contributed by atoms with van der Waals surface area (Å²) in [5, 5.41) is 4.49. The summed E-state index contributed by atoms with van der Waals surface area (Å²) in [6.45, 7) is 6.34. The molecule has 1 fully saturated rings. The molecule has 1 saturated heterocycles. The molecule has 144 valence electrons. The van der Waals surface area contributed by atoms with E-state index in [1.54, 1.807) is 0 Å². The van der Waals surface area contributed by atoms with E-state index >= 15 is 0 Å². The van der Waals surface area contributed by atoms with Gasteiger partial charge in [-0.2, -0.15) is 5.10 Å². The summed E-state index contributed by atoms with van der Waals surface area (Å²) in [6, 6.07) is 18.0. The molecule has 0 radical (unpaired) electrons. The van der Waals surface area contributed by atoms with Crippen LogP contribution in [-0.2, 0) is 6.54 Å². The number of hydrogen-bond donors (Lipinski definition) is 0. The molecular weight excluding hydrogens is 348 g/mol. The van der Waals surface area contributed by atoms with Gasteiger partial charge in [0.1, 0.15) is 0 Å². The van der Waals surface area contributed by atoms with Crippen LogP contribution >= 0.6 is 0 Å². The van der Waals surface area contributed by atoms with Crippen LogP contribution in [0, 0.1) is 6.92 Å². The Balaban J connectivity index is 1.37. The molecule has 1 aromatic heterocycles. The van der Waals surface area contributed by atoms with Crippen molar-refractivity contribution in [3.05, 3.63) is 83.7 Å². The van der Waals surface area contributed by atoms with E-state index in [1.807, 2.05) is 65.2 Å². The molecule has 0 N–H and O–H groups in total. The topological polar surface area (TPSA) is 41.4 Å². The molecule has 0 bridgehead atoms. The smallest absolute Gasteiger partial charge is 0.253 e. The molecule has 0 spiro atoms. The number of carbonyl (C=O) groups is 1. The van der Waals surface area contributed by atoms with Crippen LogP contribution in [0.15, 0.2) is 67.0 Å². The van der Waals surface area contributed by atoms with Crippen LogP contribution in [-0.4, -0.2) is 51.7 Å². The fraction of sp³-hybridized carbons (Fsp3) is 0.304. The number of hydrogen-bond acceptors (Lipinski definition) is 3. The molecule has 0 unspecified atom stereocenters. The molecule has 2 heterocycles. The Labute approximate surface area is 166 Å². The predicted octanol–water partition coefficient (Wildman–Crippen LogP) is 3.53. The molecule has 5 nitrogen and oxygen atoms in total. The van der Waals surface area contributed by atoms with Crippen molar-refractivity contribution in [2.24, 2.45) is 0 Å². The van der Waals surface area contributed by atoms with E-state index in [1.165, 1.54) is 5.56 Å². The van der Waals surface area contributed by atoms with Crippen LogP contribution in [0.25, 0.3) is 5.69 Å². The second-order valence-corrected chi connectivity index (χ2v) is 7.42. The number of rotatable bonds is 4. The van der Waals surface area contributed by atoms with Gasteiger partial charge in [0.05, 0.1) is 11.9 Å². The average molecular weight is 374 g/mol. The molecule has 2 aromatic carbocycles. The lowest BCUT2D eigenvalue weighted by Crippen LogP contribution is -2.35. The molecule has 1 aliphatic heterocycles. The minimum atomic E-state index is 0.141. The quantitative estimate of drug-likeness (QED) is 0.702. The first-order valence-electron chi connectivity index (χ1n) is 9.86. The van der Waals surface area contributed by atoms with E-state index in [0.717, 1.165) is 56.0 Å². The summed E-state index contributed by atoms with van der Waals surface area (Å²) in [6.07, 6.45) is 5.02. The van der Waals surface area contributed by atoms with Gasteiger partial charge >= 0.3 is 0 Å². The molecule has 1 amide bonds. The highest BCUT2D eigenvalue weighted by molar-refractivity contribution is 5.94. The van der Waals surface area contributed by atoms with Crippen LogP contribution in [0.4, 0.5) is 0 Å². The van der Waals surface area contributed by atoms with E-state index in [-0.39, 0.29) is 5.91 Å². The third-order valence-corrected chi connectivity index (χ3v) is 5.20. The summed E-state index contributed by atoms with van der Waals surface area (Å²) >= 11 is 0. The lowest BCUT2D eigenvalue weighted by Gasteiger charge is -2.22. The second-order valence-electron chi connectivity index (χ2n) is 7.42.